The van der Waals surface area contributed by atoms with Crippen molar-refractivity contribution in [1.29, 1.82) is 0 Å². The fraction of sp³-hybridized carbons (Fsp3) is 0.750. The van der Waals surface area contributed by atoms with Crippen LogP contribution in [0, 0.1) is 5.41 Å². The lowest BCUT2D eigenvalue weighted by atomic mass is 9.83. The van der Waals surface area contributed by atoms with Gasteiger partial charge in [-0.15, -0.1) is 0 Å². The third-order valence-corrected chi connectivity index (χ3v) is 2.43. The summed E-state index contributed by atoms with van der Waals surface area (Å²) in [6.07, 6.45) is -0.486. The van der Waals surface area contributed by atoms with Gasteiger partial charge >= 0.3 is 18.0 Å². The lowest BCUT2D eigenvalue weighted by Gasteiger charge is -2.20. The maximum absolute atomic E-state index is 10.5. The Labute approximate surface area is 112 Å². The number of carboxylic acid groups (broad SMARTS) is 2. The molecule has 0 aliphatic carbocycles. The van der Waals surface area contributed by atoms with Crippen LogP contribution in [-0.2, 0) is 14.3 Å². The Morgan fingerprint density at radius 3 is 1.32 bits per heavy atom. The molecular formula is C12H23NO6. The Hall–Kier alpha value is -1.79. The van der Waals surface area contributed by atoms with Crippen molar-refractivity contribution >= 4 is 18.0 Å². The first-order valence-electron chi connectivity index (χ1n) is 5.88. The van der Waals surface area contributed by atoms with E-state index in [0.717, 1.165) is 0 Å². The molecule has 0 unspecified atom stereocenters. The van der Waals surface area contributed by atoms with Gasteiger partial charge in [-0.1, -0.05) is 13.8 Å². The van der Waals surface area contributed by atoms with Crippen molar-refractivity contribution in [3.63, 3.8) is 0 Å². The Bertz CT molecular complexity index is 312. The minimum Gasteiger partial charge on any atom is -0.480 e. The van der Waals surface area contributed by atoms with Crippen molar-refractivity contribution in [2.75, 3.05) is 0 Å². The van der Waals surface area contributed by atoms with E-state index in [2.05, 4.69) is 4.74 Å². The molecule has 0 aromatic rings. The normalized spacial score (nSPS) is 11.0. The highest BCUT2D eigenvalue weighted by molar-refractivity contribution is 5.98. The van der Waals surface area contributed by atoms with Crippen LogP contribution < -0.4 is 5.73 Å². The van der Waals surface area contributed by atoms with Gasteiger partial charge in [0, 0.05) is 0 Å². The lowest BCUT2D eigenvalue weighted by molar-refractivity contribution is -0.165. The molecule has 0 aromatic carbocycles. The molecule has 0 rings (SSSR count). The van der Waals surface area contributed by atoms with E-state index in [1.807, 2.05) is 0 Å². The number of carboxylic acids is 2. The average Bonchev–Trinajstić information content (AvgIpc) is 2.15. The number of aliphatic carboxylic acids is 2. The first-order chi connectivity index (χ1) is 8.42. The highest BCUT2D eigenvalue weighted by Crippen LogP contribution is 2.26. The number of rotatable bonds is 4. The average molecular weight is 277 g/mol. The van der Waals surface area contributed by atoms with E-state index in [1.165, 1.54) is 0 Å². The predicted octanol–water partition coefficient (Wildman–Crippen LogP) is 1.84. The largest absolute Gasteiger partial charge is 0.480 e. The van der Waals surface area contributed by atoms with E-state index in [4.69, 9.17) is 15.9 Å². The third kappa shape index (κ3) is 7.28. The van der Waals surface area contributed by atoms with Crippen LogP contribution in [0.5, 0.6) is 0 Å². The molecule has 0 fully saturated rings. The summed E-state index contributed by atoms with van der Waals surface area (Å²) in [6, 6.07) is 0. The smallest absolute Gasteiger partial charge is 0.405 e. The predicted molar refractivity (Wildman–Crippen MR) is 68.7 cm³/mol. The molecule has 0 aromatic heterocycles. The summed E-state index contributed by atoms with van der Waals surface area (Å²) >= 11 is 0. The van der Waals surface area contributed by atoms with Crippen LogP contribution in [0.3, 0.4) is 0 Å². The molecule has 7 nitrogen and oxygen atoms in total. The van der Waals surface area contributed by atoms with Crippen LogP contribution in [0.15, 0.2) is 0 Å². The van der Waals surface area contributed by atoms with Gasteiger partial charge in [0.1, 0.15) is 5.60 Å². The molecule has 0 atom stereocenters. The zero-order valence-corrected chi connectivity index (χ0v) is 12.0. The van der Waals surface area contributed by atoms with Crippen LogP contribution in [0.25, 0.3) is 0 Å². The van der Waals surface area contributed by atoms with E-state index in [-0.39, 0.29) is 12.8 Å². The first-order valence-corrected chi connectivity index (χ1v) is 5.88. The van der Waals surface area contributed by atoms with Crippen LogP contribution in [0.1, 0.15) is 47.5 Å². The summed E-state index contributed by atoms with van der Waals surface area (Å²) < 4.78 is 4.58. The van der Waals surface area contributed by atoms with Gasteiger partial charge in [-0.3, -0.25) is 9.59 Å². The summed E-state index contributed by atoms with van der Waals surface area (Å²) in [6.45, 7) is 8.41. The molecule has 0 aliphatic rings. The Balaban J connectivity index is 0. The van der Waals surface area contributed by atoms with Crippen molar-refractivity contribution < 1.29 is 29.3 Å². The molecule has 112 valence electrons. The highest BCUT2D eigenvalue weighted by atomic mass is 16.6. The van der Waals surface area contributed by atoms with Gasteiger partial charge < -0.3 is 20.7 Å². The van der Waals surface area contributed by atoms with Crippen molar-refractivity contribution in [1.82, 2.24) is 0 Å². The topological polar surface area (TPSA) is 127 Å². The first kappa shape index (κ1) is 19.5. The van der Waals surface area contributed by atoms with Crippen LogP contribution in [0.2, 0.25) is 0 Å². The van der Waals surface area contributed by atoms with Crippen molar-refractivity contribution in [3.8, 4) is 0 Å². The summed E-state index contributed by atoms with van der Waals surface area (Å²) in [5.74, 6) is -2.51. The van der Waals surface area contributed by atoms with E-state index in [9.17, 15) is 14.4 Å². The fourth-order valence-electron chi connectivity index (χ4n) is 1.25. The second kappa shape index (κ2) is 7.60. The molecular weight excluding hydrogens is 254 g/mol. The number of primary amides is 1. The molecule has 1 amide bonds. The molecule has 0 radical (unpaired) electrons. The van der Waals surface area contributed by atoms with Crippen molar-refractivity contribution in [3.05, 3.63) is 0 Å². The number of carbonyl (C=O) groups excluding carboxylic acids is 1. The SMILES string of the molecule is CC(C)(C)OC(N)=O.CCC(CC)(C(=O)O)C(=O)O. The standard InChI is InChI=1S/C7H12O4.C5H11NO2/c1-3-7(4-2,5(8)9)6(10)11;1-5(2,3)8-4(6)7/h3-4H2,1-2H3,(H,8,9)(H,10,11);1-3H3,(H2,6,7). The number of carbonyl (C=O) groups is 3. The molecule has 4 N–H and O–H groups in total. The maximum atomic E-state index is 10.5. The number of hydrogen-bond acceptors (Lipinski definition) is 4. The van der Waals surface area contributed by atoms with Gasteiger partial charge in [0.15, 0.2) is 5.41 Å². The molecule has 0 heterocycles. The fourth-order valence-corrected chi connectivity index (χ4v) is 1.25. The lowest BCUT2D eigenvalue weighted by Crippen LogP contribution is -2.38. The Morgan fingerprint density at radius 2 is 1.32 bits per heavy atom. The van der Waals surface area contributed by atoms with Crippen molar-refractivity contribution in [2.24, 2.45) is 11.1 Å². The molecule has 7 heteroatoms. The summed E-state index contributed by atoms with van der Waals surface area (Å²) in [5.41, 5.74) is 2.68. The highest BCUT2D eigenvalue weighted by Gasteiger charge is 2.42. The molecule has 0 saturated heterocycles. The summed E-state index contributed by atoms with van der Waals surface area (Å²) in [5, 5.41) is 17.2. The monoisotopic (exact) mass is 277 g/mol. The molecule has 19 heavy (non-hydrogen) atoms. The minimum absolute atomic E-state index is 0.119. The minimum atomic E-state index is -1.58. The second-order valence-electron chi connectivity index (χ2n) is 4.93. The summed E-state index contributed by atoms with van der Waals surface area (Å²) in [7, 11) is 0. The second-order valence-corrected chi connectivity index (χ2v) is 4.93. The van der Waals surface area contributed by atoms with E-state index in [1.54, 1.807) is 34.6 Å². The quantitative estimate of drug-likeness (QED) is 0.673. The van der Waals surface area contributed by atoms with Gasteiger partial charge in [0.2, 0.25) is 0 Å². The zero-order chi connectivity index (χ0) is 15.9. The van der Waals surface area contributed by atoms with Gasteiger partial charge in [-0.2, -0.15) is 0 Å². The van der Waals surface area contributed by atoms with E-state index < -0.39 is 29.0 Å². The van der Waals surface area contributed by atoms with Crippen LogP contribution >= 0.6 is 0 Å². The van der Waals surface area contributed by atoms with Crippen molar-refractivity contribution in [2.45, 2.75) is 53.1 Å². The van der Waals surface area contributed by atoms with E-state index >= 15 is 0 Å². The zero-order valence-electron chi connectivity index (χ0n) is 12.0. The number of amides is 1. The van der Waals surface area contributed by atoms with Crippen LogP contribution in [0.4, 0.5) is 4.79 Å². The molecule has 0 bridgehead atoms. The third-order valence-electron chi connectivity index (χ3n) is 2.43. The maximum Gasteiger partial charge on any atom is 0.405 e. The Kier molecular flexibility index (Phi) is 7.82. The Morgan fingerprint density at radius 1 is 1.00 bits per heavy atom. The van der Waals surface area contributed by atoms with Gasteiger partial charge in [0.05, 0.1) is 0 Å². The molecule has 0 spiro atoms. The van der Waals surface area contributed by atoms with Gasteiger partial charge in [-0.05, 0) is 33.6 Å². The van der Waals surface area contributed by atoms with Gasteiger partial charge in [-0.25, -0.2) is 4.79 Å². The van der Waals surface area contributed by atoms with Crippen LogP contribution in [-0.4, -0.2) is 33.8 Å². The number of hydrogen-bond donors (Lipinski definition) is 3. The molecule has 0 saturated carbocycles. The molecule has 0 aliphatic heterocycles. The number of ether oxygens (including phenoxy) is 1. The number of nitrogens with two attached hydrogens (primary N) is 1. The summed E-state index contributed by atoms with van der Waals surface area (Å²) in [4.78, 5) is 31.1. The van der Waals surface area contributed by atoms with E-state index in [0.29, 0.717) is 0 Å². The van der Waals surface area contributed by atoms with Gasteiger partial charge in [0.25, 0.3) is 0 Å².